The highest BCUT2D eigenvalue weighted by atomic mass is 16.3. The van der Waals surface area contributed by atoms with Crippen LogP contribution >= 0.6 is 0 Å². The molecule has 11 aromatic rings. The zero-order valence-electron chi connectivity index (χ0n) is 27.1. The van der Waals surface area contributed by atoms with Crippen molar-refractivity contribution in [2.45, 2.75) is 0 Å². The van der Waals surface area contributed by atoms with Crippen molar-refractivity contribution in [2.24, 2.45) is 0 Å². The monoisotopic (exact) mass is 654 g/mol. The van der Waals surface area contributed by atoms with Crippen LogP contribution in [0.2, 0.25) is 0 Å². The topological polar surface area (TPSA) is 69.9 Å². The van der Waals surface area contributed by atoms with Crippen molar-refractivity contribution in [1.82, 2.24) is 19.5 Å². The number of rotatable bonds is 4. The van der Waals surface area contributed by atoms with Crippen LogP contribution in [0.25, 0.3) is 106 Å². The second-order valence-corrected chi connectivity index (χ2v) is 12.8. The van der Waals surface area contributed by atoms with Crippen molar-refractivity contribution in [3.63, 3.8) is 0 Å². The van der Waals surface area contributed by atoms with Gasteiger partial charge >= 0.3 is 0 Å². The van der Waals surface area contributed by atoms with Crippen molar-refractivity contribution in [1.29, 1.82) is 0 Å². The molecular formula is C45H26N4O2. The van der Waals surface area contributed by atoms with Crippen LogP contribution < -0.4 is 0 Å². The van der Waals surface area contributed by atoms with Gasteiger partial charge in [-0.2, -0.15) is 0 Å². The molecule has 0 radical (unpaired) electrons. The lowest BCUT2D eigenvalue weighted by Crippen LogP contribution is -2.04. The standard InChI is InChI=1S/C45H26N4O2/c1-2-13-27(14-3-1)43-46-44(33-20-12-19-32-30-17-6-11-24-40(30)51-42(32)33)48-45(47-43)35-26-41-34(31-18-7-10-23-39(31)50-41)25-38(35)49-36-21-8-4-15-28(36)29-16-5-9-22-37(29)49/h1-26H. The van der Waals surface area contributed by atoms with Crippen molar-refractivity contribution in [2.75, 3.05) is 0 Å². The van der Waals surface area contributed by atoms with Crippen LogP contribution in [0.4, 0.5) is 0 Å². The van der Waals surface area contributed by atoms with Crippen LogP contribution in [0.5, 0.6) is 0 Å². The van der Waals surface area contributed by atoms with Gasteiger partial charge in [-0.3, -0.25) is 0 Å². The highest BCUT2D eigenvalue weighted by molar-refractivity contribution is 6.12. The van der Waals surface area contributed by atoms with Crippen molar-refractivity contribution in [3.05, 3.63) is 158 Å². The first-order chi connectivity index (χ1) is 25.3. The summed E-state index contributed by atoms with van der Waals surface area (Å²) in [5.74, 6) is 1.63. The number of fused-ring (bicyclic) bond motifs is 9. The number of nitrogens with zero attached hydrogens (tertiary/aromatic N) is 4. The molecule has 0 amide bonds. The summed E-state index contributed by atoms with van der Waals surface area (Å²) in [7, 11) is 0. The van der Waals surface area contributed by atoms with E-state index in [2.05, 4.69) is 83.4 Å². The third-order valence-corrected chi connectivity index (χ3v) is 9.87. The molecule has 0 fully saturated rings. The number of benzene rings is 7. The fraction of sp³-hybridized carbons (Fsp3) is 0. The number of hydrogen-bond acceptors (Lipinski definition) is 5. The quantitative estimate of drug-likeness (QED) is 0.189. The Morgan fingerprint density at radius 1 is 0.373 bits per heavy atom. The number of furan rings is 2. The Balaban J connectivity index is 1.26. The maximum Gasteiger partial charge on any atom is 0.167 e. The highest BCUT2D eigenvalue weighted by Gasteiger charge is 2.23. The fourth-order valence-corrected chi connectivity index (χ4v) is 7.56. The highest BCUT2D eigenvalue weighted by Crippen LogP contribution is 2.41. The molecule has 4 aromatic heterocycles. The van der Waals surface area contributed by atoms with E-state index in [0.717, 1.165) is 77.3 Å². The summed E-state index contributed by atoms with van der Waals surface area (Å²) in [5.41, 5.74) is 8.81. The molecule has 0 unspecified atom stereocenters. The van der Waals surface area contributed by atoms with Gasteiger partial charge < -0.3 is 13.4 Å². The first-order valence-electron chi connectivity index (χ1n) is 16.9. The van der Waals surface area contributed by atoms with Crippen LogP contribution in [0.1, 0.15) is 0 Å². The van der Waals surface area contributed by atoms with Gasteiger partial charge in [0.25, 0.3) is 0 Å². The summed E-state index contributed by atoms with van der Waals surface area (Å²) < 4.78 is 15.3. The Morgan fingerprint density at radius 3 is 1.65 bits per heavy atom. The van der Waals surface area contributed by atoms with Crippen molar-refractivity contribution in [3.8, 4) is 39.9 Å². The summed E-state index contributed by atoms with van der Waals surface area (Å²) >= 11 is 0. The van der Waals surface area contributed by atoms with Gasteiger partial charge in [0.2, 0.25) is 0 Å². The molecular weight excluding hydrogens is 629 g/mol. The Morgan fingerprint density at radius 2 is 0.922 bits per heavy atom. The molecule has 238 valence electrons. The van der Waals surface area contributed by atoms with Gasteiger partial charge in [0.1, 0.15) is 22.3 Å². The lowest BCUT2D eigenvalue weighted by Gasteiger charge is -2.15. The van der Waals surface area contributed by atoms with E-state index in [-0.39, 0.29) is 0 Å². The zero-order chi connectivity index (χ0) is 33.5. The minimum Gasteiger partial charge on any atom is -0.456 e. The third-order valence-electron chi connectivity index (χ3n) is 9.87. The number of hydrogen-bond donors (Lipinski definition) is 0. The van der Waals surface area contributed by atoms with E-state index in [1.54, 1.807) is 0 Å². The minimum atomic E-state index is 0.529. The predicted octanol–water partition coefficient (Wildman–Crippen LogP) is 11.8. The van der Waals surface area contributed by atoms with Gasteiger partial charge in [-0.05, 0) is 42.5 Å². The second kappa shape index (κ2) is 10.7. The average molecular weight is 655 g/mol. The average Bonchev–Trinajstić information content (AvgIpc) is 3.87. The van der Waals surface area contributed by atoms with Crippen LogP contribution in [-0.4, -0.2) is 19.5 Å². The fourth-order valence-electron chi connectivity index (χ4n) is 7.56. The molecule has 11 rings (SSSR count). The normalized spacial score (nSPS) is 11.9. The first-order valence-corrected chi connectivity index (χ1v) is 16.9. The maximum absolute atomic E-state index is 6.49. The van der Waals surface area contributed by atoms with Crippen LogP contribution in [0, 0.1) is 0 Å². The molecule has 0 bridgehead atoms. The molecule has 0 atom stereocenters. The number of para-hydroxylation sites is 5. The second-order valence-electron chi connectivity index (χ2n) is 12.8. The van der Waals surface area contributed by atoms with E-state index >= 15 is 0 Å². The molecule has 0 saturated carbocycles. The Hall–Kier alpha value is -7.05. The van der Waals surface area contributed by atoms with Gasteiger partial charge in [0.05, 0.1) is 22.3 Å². The largest absolute Gasteiger partial charge is 0.456 e. The summed E-state index contributed by atoms with van der Waals surface area (Å²) in [6, 6.07) is 53.9. The van der Waals surface area contributed by atoms with Gasteiger partial charge in [-0.1, -0.05) is 115 Å². The van der Waals surface area contributed by atoms with Crippen LogP contribution in [0.15, 0.2) is 167 Å². The van der Waals surface area contributed by atoms with Gasteiger partial charge in [0, 0.05) is 43.4 Å². The molecule has 0 spiro atoms. The third kappa shape index (κ3) is 4.20. The molecule has 0 aliphatic rings. The van der Waals surface area contributed by atoms with Crippen LogP contribution in [0.3, 0.4) is 0 Å². The van der Waals surface area contributed by atoms with E-state index in [9.17, 15) is 0 Å². The van der Waals surface area contributed by atoms with E-state index in [4.69, 9.17) is 23.8 Å². The molecule has 7 aromatic carbocycles. The molecule has 6 heteroatoms. The smallest absolute Gasteiger partial charge is 0.167 e. The zero-order valence-corrected chi connectivity index (χ0v) is 27.1. The van der Waals surface area contributed by atoms with E-state index in [0.29, 0.717) is 17.5 Å². The van der Waals surface area contributed by atoms with Crippen molar-refractivity contribution >= 4 is 65.7 Å². The molecule has 0 saturated heterocycles. The Labute approximate surface area is 290 Å². The summed E-state index contributed by atoms with van der Waals surface area (Å²) in [6.07, 6.45) is 0. The lowest BCUT2D eigenvalue weighted by atomic mass is 10.1. The van der Waals surface area contributed by atoms with E-state index in [1.165, 1.54) is 10.8 Å². The molecule has 0 aliphatic carbocycles. The Bertz CT molecular complexity index is 3100. The van der Waals surface area contributed by atoms with Gasteiger partial charge in [0.15, 0.2) is 17.5 Å². The first kappa shape index (κ1) is 27.9. The lowest BCUT2D eigenvalue weighted by molar-refractivity contribution is 0.668. The molecule has 4 heterocycles. The molecule has 0 N–H and O–H groups in total. The SMILES string of the molecule is c1ccc(-c2nc(-c3cc4oc5ccccc5c4cc3-n3c4ccccc4c4ccccc43)nc(-c3cccc4c3oc3ccccc34)n2)cc1. The van der Waals surface area contributed by atoms with Crippen molar-refractivity contribution < 1.29 is 8.83 Å². The van der Waals surface area contributed by atoms with Crippen LogP contribution in [-0.2, 0) is 0 Å². The number of aromatic nitrogens is 4. The predicted molar refractivity (Wildman–Crippen MR) is 205 cm³/mol. The Kier molecular flexibility index (Phi) is 5.86. The molecule has 0 aliphatic heterocycles. The van der Waals surface area contributed by atoms with Gasteiger partial charge in [-0.15, -0.1) is 0 Å². The summed E-state index contributed by atoms with van der Waals surface area (Å²) in [6.45, 7) is 0. The summed E-state index contributed by atoms with van der Waals surface area (Å²) in [5, 5.41) is 6.50. The van der Waals surface area contributed by atoms with E-state index in [1.807, 2.05) is 78.9 Å². The van der Waals surface area contributed by atoms with E-state index < -0.39 is 0 Å². The maximum atomic E-state index is 6.49. The van der Waals surface area contributed by atoms with Gasteiger partial charge in [-0.25, -0.2) is 15.0 Å². The molecule has 51 heavy (non-hydrogen) atoms. The summed E-state index contributed by atoms with van der Waals surface area (Å²) in [4.78, 5) is 15.6. The minimum absolute atomic E-state index is 0.529. The molecule has 6 nitrogen and oxygen atoms in total.